The molecule has 0 spiro atoms. The van der Waals surface area contributed by atoms with Crippen molar-refractivity contribution in [1.29, 1.82) is 0 Å². The van der Waals surface area contributed by atoms with E-state index in [9.17, 15) is 14.7 Å². The molecule has 1 aromatic carbocycles. The highest BCUT2D eigenvalue weighted by atomic mass is 16.7. The van der Waals surface area contributed by atoms with Crippen LogP contribution in [0.2, 0.25) is 0 Å². The van der Waals surface area contributed by atoms with Crippen molar-refractivity contribution in [3.05, 3.63) is 35.0 Å². The van der Waals surface area contributed by atoms with E-state index in [0.29, 0.717) is 11.3 Å². The van der Waals surface area contributed by atoms with Crippen LogP contribution >= 0.6 is 0 Å². The van der Waals surface area contributed by atoms with Gasteiger partial charge in [0.2, 0.25) is 0 Å². The Morgan fingerprint density at radius 1 is 1.10 bits per heavy atom. The standard InChI is InChI=1S/C15H17NO5/c1-8-9(2)12(17)6-5-11(8)16-7-10-13(18)20-15(3,4)21-14(10)19/h5-7,16-17H,1-4H3. The van der Waals surface area contributed by atoms with Crippen LogP contribution in [0.1, 0.15) is 25.0 Å². The fourth-order valence-electron chi connectivity index (χ4n) is 1.89. The maximum Gasteiger partial charge on any atom is 0.350 e. The maximum absolute atomic E-state index is 11.8. The summed E-state index contributed by atoms with van der Waals surface area (Å²) in [5, 5.41) is 12.5. The molecule has 2 rings (SSSR count). The minimum absolute atomic E-state index is 0.184. The normalized spacial score (nSPS) is 17.0. The third-order valence-corrected chi connectivity index (χ3v) is 3.25. The number of carbonyl (C=O) groups excluding carboxylic acids is 2. The molecule has 1 aliphatic rings. The first-order valence-electron chi connectivity index (χ1n) is 6.44. The van der Waals surface area contributed by atoms with Gasteiger partial charge in [-0.05, 0) is 37.1 Å². The summed E-state index contributed by atoms with van der Waals surface area (Å²) in [6.07, 6.45) is 1.25. The SMILES string of the molecule is Cc1c(O)ccc(NC=C2C(=O)OC(C)(C)OC2=O)c1C. The molecule has 6 nitrogen and oxygen atoms in total. The molecule has 0 atom stereocenters. The number of anilines is 1. The predicted molar refractivity (Wildman–Crippen MR) is 75.5 cm³/mol. The van der Waals surface area contributed by atoms with Gasteiger partial charge in [-0.1, -0.05) is 0 Å². The first-order valence-corrected chi connectivity index (χ1v) is 6.44. The largest absolute Gasteiger partial charge is 0.508 e. The van der Waals surface area contributed by atoms with Gasteiger partial charge in [-0.25, -0.2) is 9.59 Å². The van der Waals surface area contributed by atoms with Gasteiger partial charge >= 0.3 is 11.9 Å². The number of ether oxygens (including phenoxy) is 2. The van der Waals surface area contributed by atoms with E-state index in [1.54, 1.807) is 13.0 Å². The number of hydrogen-bond donors (Lipinski definition) is 2. The summed E-state index contributed by atoms with van der Waals surface area (Å²) in [7, 11) is 0. The first kappa shape index (κ1) is 14.9. The molecule has 112 valence electrons. The van der Waals surface area contributed by atoms with Gasteiger partial charge in [0.15, 0.2) is 5.57 Å². The number of benzene rings is 1. The molecule has 0 bridgehead atoms. The smallest absolute Gasteiger partial charge is 0.350 e. The highest BCUT2D eigenvalue weighted by molar-refractivity contribution is 6.15. The van der Waals surface area contributed by atoms with Crippen LogP contribution in [0.4, 0.5) is 5.69 Å². The fraction of sp³-hybridized carbons (Fsp3) is 0.333. The lowest BCUT2D eigenvalue weighted by atomic mass is 10.1. The van der Waals surface area contributed by atoms with Gasteiger partial charge in [-0.2, -0.15) is 0 Å². The zero-order chi connectivity index (χ0) is 15.8. The first-order chi connectivity index (χ1) is 9.71. The molecule has 0 radical (unpaired) electrons. The molecule has 2 N–H and O–H groups in total. The van der Waals surface area contributed by atoms with Crippen LogP contribution in [0.15, 0.2) is 23.9 Å². The molecule has 1 aromatic rings. The molecule has 0 aromatic heterocycles. The zero-order valence-electron chi connectivity index (χ0n) is 12.3. The fourth-order valence-corrected chi connectivity index (χ4v) is 1.89. The second kappa shape index (κ2) is 5.12. The molecule has 6 heteroatoms. The minimum Gasteiger partial charge on any atom is -0.508 e. The van der Waals surface area contributed by atoms with E-state index in [-0.39, 0.29) is 11.3 Å². The van der Waals surface area contributed by atoms with Crippen LogP contribution in [-0.4, -0.2) is 22.8 Å². The Balaban J connectivity index is 2.24. The van der Waals surface area contributed by atoms with Crippen molar-refractivity contribution in [3.63, 3.8) is 0 Å². The Labute approximate surface area is 122 Å². The van der Waals surface area contributed by atoms with Crippen LogP contribution in [0.5, 0.6) is 5.75 Å². The number of aromatic hydroxyl groups is 1. The number of phenolic OH excluding ortho intramolecular Hbond substituents is 1. The molecule has 0 aliphatic carbocycles. The van der Waals surface area contributed by atoms with Gasteiger partial charge in [0.25, 0.3) is 5.79 Å². The van der Waals surface area contributed by atoms with E-state index in [1.165, 1.54) is 26.1 Å². The molecule has 1 aliphatic heterocycles. The Kier molecular flexibility index (Phi) is 3.63. The van der Waals surface area contributed by atoms with Crippen LogP contribution in [-0.2, 0) is 19.1 Å². The van der Waals surface area contributed by atoms with Crippen molar-refractivity contribution < 1.29 is 24.2 Å². The van der Waals surface area contributed by atoms with Crippen LogP contribution in [0.25, 0.3) is 0 Å². The molecular formula is C15H17NO5. The highest BCUT2D eigenvalue weighted by Crippen LogP contribution is 2.27. The van der Waals surface area contributed by atoms with E-state index in [0.717, 1.165) is 5.56 Å². The lowest BCUT2D eigenvalue weighted by Gasteiger charge is -2.29. The summed E-state index contributed by atoms with van der Waals surface area (Å²) in [6.45, 7) is 6.56. The summed E-state index contributed by atoms with van der Waals surface area (Å²) >= 11 is 0. The Hall–Kier alpha value is -2.50. The molecule has 21 heavy (non-hydrogen) atoms. The van der Waals surface area contributed by atoms with Gasteiger partial charge in [0, 0.05) is 25.7 Å². The third kappa shape index (κ3) is 2.99. The second-order valence-electron chi connectivity index (χ2n) is 5.26. The highest BCUT2D eigenvalue weighted by Gasteiger charge is 2.38. The topological polar surface area (TPSA) is 84.9 Å². The Morgan fingerprint density at radius 3 is 2.24 bits per heavy atom. The molecule has 1 saturated heterocycles. The van der Waals surface area contributed by atoms with Crippen molar-refractivity contribution in [2.45, 2.75) is 33.5 Å². The van der Waals surface area contributed by atoms with Gasteiger partial charge in [0.05, 0.1) is 0 Å². The van der Waals surface area contributed by atoms with Crippen molar-refractivity contribution in [1.82, 2.24) is 0 Å². The lowest BCUT2D eigenvalue weighted by molar-refractivity contribution is -0.222. The molecule has 0 amide bonds. The summed E-state index contributed by atoms with van der Waals surface area (Å²) < 4.78 is 9.98. The monoisotopic (exact) mass is 291 g/mol. The minimum atomic E-state index is -1.25. The van der Waals surface area contributed by atoms with E-state index in [1.807, 2.05) is 6.92 Å². The quantitative estimate of drug-likeness (QED) is 0.376. The van der Waals surface area contributed by atoms with E-state index < -0.39 is 17.7 Å². The van der Waals surface area contributed by atoms with Crippen molar-refractivity contribution in [2.24, 2.45) is 0 Å². The van der Waals surface area contributed by atoms with Gasteiger partial charge in [-0.15, -0.1) is 0 Å². The average molecular weight is 291 g/mol. The summed E-state index contributed by atoms with van der Waals surface area (Å²) in [5.74, 6) is -2.55. The van der Waals surface area contributed by atoms with Crippen LogP contribution in [0, 0.1) is 13.8 Å². The maximum atomic E-state index is 11.8. The molecular weight excluding hydrogens is 274 g/mol. The summed E-state index contributed by atoms with van der Waals surface area (Å²) in [5.41, 5.74) is 1.99. The van der Waals surface area contributed by atoms with Gasteiger partial charge in [-0.3, -0.25) is 0 Å². The Bertz CT molecular complexity index is 624. The van der Waals surface area contributed by atoms with Crippen molar-refractivity contribution >= 4 is 17.6 Å². The molecule has 1 heterocycles. The predicted octanol–water partition coefficient (Wildman–Crippen LogP) is 2.14. The summed E-state index contributed by atoms with van der Waals surface area (Å²) in [6, 6.07) is 3.18. The second-order valence-corrected chi connectivity index (χ2v) is 5.26. The van der Waals surface area contributed by atoms with Gasteiger partial charge in [0.1, 0.15) is 5.75 Å². The van der Waals surface area contributed by atoms with E-state index in [4.69, 9.17) is 9.47 Å². The Morgan fingerprint density at radius 2 is 1.67 bits per heavy atom. The van der Waals surface area contributed by atoms with Crippen LogP contribution < -0.4 is 5.32 Å². The number of cyclic esters (lactones) is 2. The van der Waals surface area contributed by atoms with Crippen molar-refractivity contribution in [2.75, 3.05) is 5.32 Å². The number of carbonyl (C=O) groups is 2. The number of phenols is 1. The van der Waals surface area contributed by atoms with E-state index >= 15 is 0 Å². The van der Waals surface area contributed by atoms with E-state index in [2.05, 4.69) is 5.32 Å². The average Bonchev–Trinajstić information content (AvgIpc) is 2.36. The number of rotatable bonds is 2. The summed E-state index contributed by atoms with van der Waals surface area (Å²) in [4.78, 5) is 23.6. The third-order valence-electron chi connectivity index (χ3n) is 3.25. The lowest BCUT2D eigenvalue weighted by Crippen LogP contribution is -2.42. The van der Waals surface area contributed by atoms with Gasteiger partial charge < -0.3 is 19.9 Å². The zero-order valence-corrected chi connectivity index (χ0v) is 12.3. The van der Waals surface area contributed by atoms with Crippen molar-refractivity contribution in [3.8, 4) is 5.75 Å². The molecule has 0 unspecified atom stereocenters. The molecule has 1 fully saturated rings. The molecule has 0 saturated carbocycles. The number of nitrogens with one attached hydrogen (secondary N) is 1. The number of hydrogen-bond acceptors (Lipinski definition) is 6. The number of esters is 2. The van der Waals surface area contributed by atoms with Crippen LogP contribution in [0.3, 0.4) is 0 Å².